The molecule has 1 fully saturated rings. The van der Waals surface area contributed by atoms with E-state index in [1.165, 1.54) is 17.2 Å². The van der Waals surface area contributed by atoms with Crippen LogP contribution in [0.1, 0.15) is 37.5 Å². The van der Waals surface area contributed by atoms with E-state index < -0.39 is 0 Å². The van der Waals surface area contributed by atoms with Gasteiger partial charge in [0.25, 0.3) is 0 Å². The van der Waals surface area contributed by atoms with Crippen molar-refractivity contribution < 1.29 is 0 Å². The minimum Gasteiger partial charge on any atom is -0.370 e. The molecule has 0 spiro atoms. The second-order valence-electron chi connectivity index (χ2n) is 5.17. The molecule has 1 unspecified atom stereocenters. The molecule has 19 heavy (non-hydrogen) atoms. The molecule has 2 heterocycles. The predicted molar refractivity (Wildman–Crippen MR) is 87.3 cm³/mol. The number of nitrogens with zero attached hydrogens (tertiary/aromatic N) is 2. The molecule has 1 N–H and O–H groups in total. The van der Waals surface area contributed by atoms with E-state index >= 15 is 0 Å². The van der Waals surface area contributed by atoms with Crippen LogP contribution in [-0.2, 0) is 6.42 Å². The molecule has 1 aliphatic rings. The highest BCUT2D eigenvalue weighted by Crippen LogP contribution is 2.35. The number of rotatable bonds is 5. The van der Waals surface area contributed by atoms with Crippen LogP contribution in [0.5, 0.6) is 0 Å². The lowest BCUT2D eigenvalue weighted by Crippen LogP contribution is -2.14. The van der Waals surface area contributed by atoms with Gasteiger partial charge in [-0.25, -0.2) is 9.97 Å². The minimum absolute atomic E-state index is 0.461. The molecular formula is C14H23N3S2. The Balaban J connectivity index is 2.21. The predicted octanol–water partition coefficient (Wildman–Crippen LogP) is 3.63. The van der Waals surface area contributed by atoms with E-state index in [0.29, 0.717) is 11.2 Å². The maximum atomic E-state index is 4.79. The Morgan fingerprint density at radius 3 is 2.84 bits per heavy atom. The van der Waals surface area contributed by atoms with E-state index in [0.717, 1.165) is 30.4 Å². The summed E-state index contributed by atoms with van der Waals surface area (Å²) < 4.78 is 0. The molecular weight excluding hydrogens is 274 g/mol. The summed E-state index contributed by atoms with van der Waals surface area (Å²) in [6.45, 7) is 7.49. The van der Waals surface area contributed by atoms with Gasteiger partial charge in [-0.15, -0.1) is 11.8 Å². The number of nitrogens with one attached hydrogen (secondary N) is 1. The Hall–Kier alpha value is -0.420. The highest BCUT2D eigenvalue weighted by molar-refractivity contribution is 8.06. The first-order valence-electron chi connectivity index (χ1n) is 7.00. The molecule has 0 bridgehead atoms. The number of thioether (sulfide) groups is 2. The molecule has 0 aliphatic carbocycles. The van der Waals surface area contributed by atoms with Crippen molar-refractivity contribution in [3.63, 3.8) is 0 Å². The average Bonchev–Trinajstić information content (AvgIpc) is 2.39. The highest BCUT2D eigenvalue weighted by atomic mass is 32.2. The molecule has 1 saturated heterocycles. The molecule has 0 radical (unpaired) electrons. The molecule has 106 valence electrons. The molecule has 0 saturated carbocycles. The zero-order chi connectivity index (χ0) is 13.7. The summed E-state index contributed by atoms with van der Waals surface area (Å²) >= 11 is 4.01. The number of hydrogen-bond donors (Lipinski definition) is 1. The van der Waals surface area contributed by atoms with Crippen molar-refractivity contribution in [2.75, 3.05) is 29.1 Å². The van der Waals surface area contributed by atoms with Crippen molar-refractivity contribution in [1.82, 2.24) is 9.97 Å². The third-order valence-corrected chi connectivity index (χ3v) is 5.63. The Labute approximate surface area is 124 Å². The van der Waals surface area contributed by atoms with E-state index in [4.69, 9.17) is 9.97 Å². The molecule has 1 aliphatic heterocycles. The summed E-state index contributed by atoms with van der Waals surface area (Å²) in [5.41, 5.74) is 1.17. The Kier molecular flexibility index (Phi) is 5.82. The van der Waals surface area contributed by atoms with Gasteiger partial charge in [-0.05, 0) is 19.3 Å². The molecule has 2 rings (SSSR count). The van der Waals surface area contributed by atoms with Gasteiger partial charge >= 0.3 is 0 Å². The van der Waals surface area contributed by atoms with E-state index in [2.05, 4.69) is 32.2 Å². The van der Waals surface area contributed by atoms with Crippen molar-refractivity contribution in [2.24, 2.45) is 5.92 Å². The fraction of sp³-hybridized carbons (Fsp3) is 0.714. The molecule has 0 amide bonds. The van der Waals surface area contributed by atoms with Gasteiger partial charge in [0.2, 0.25) is 0 Å². The monoisotopic (exact) mass is 297 g/mol. The average molecular weight is 297 g/mol. The molecule has 1 atom stereocenters. The minimum atomic E-state index is 0.461. The van der Waals surface area contributed by atoms with Crippen molar-refractivity contribution in [3.8, 4) is 0 Å². The summed E-state index contributed by atoms with van der Waals surface area (Å²) in [6, 6.07) is 2.10. The lowest BCUT2D eigenvalue weighted by atomic mass is 10.1. The summed E-state index contributed by atoms with van der Waals surface area (Å²) in [6.07, 6.45) is 1.03. The van der Waals surface area contributed by atoms with Gasteiger partial charge in [0, 0.05) is 35.6 Å². The Morgan fingerprint density at radius 1 is 1.37 bits per heavy atom. The normalized spacial score (nSPS) is 19.7. The van der Waals surface area contributed by atoms with Gasteiger partial charge < -0.3 is 5.32 Å². The second kappa shape index (κ2) is 7.39. The van der Waals surface area contributed by atoms with Gasteiger partial charge in [-0.3, -0.25) is 0 Å². The van der Waals surface area contributed by atoms with Crippen LogP contribution in [0.3, 0.4) is 0 Å². The first-order chi connectivity index (χ1) is 9.19. The summed E-state index contributed by atoms with van der Waals surface area (Å²) in [5, 5.41) is 3.79. The maximum Gasteiger partial charge on any atom is 0.144 e. The van der Waals surface area contributed by atoms with Crippen LogP contribution in [0, 0.1) is 5.92 Å². The second-order valence-corrected chi connectivity index (χ2v) is 7.63. The number of hydrogen-bond acceptors (Lipinski definition) is 5. The molecule has 3 nitrogen and oxygen atoms in total. The van der Waals surface area contributed by atoms with Crippen LogP contribution in [0.4, 0.5) is 5.82 Å². The lowest BCUT2D eigenvalue weighted by molar-refractivity contribution is 0.630. The van der Waals surface area contributed by atoms with Gasteiger partial charge in [-0.2, -0.15) is 11.8 Å². The van der Waals surface area contributed by atoms with Crippen LogP contribution in [0.15, 0.2) is 6.07 Å². The lowest BCUT2D eigenvalue weighted by Gasteiger charge is -2.21. The summed E-state index contributed by atoms with van der Waals surface area (Å²) in [5.74, 6) is 6.24. The number of aromatic nitrogens is 2. The Morgan fingerprint density at radius 2 is 2.21 bits per heavy atom. The van der Waals surface area contributed by atoms with E-state index in [9.17, 15) is 0 Å². The van der Waals surface area contributed by atoms with Crippen LogP contribution in [-0.4, -0.2) is 33.8 Å². The quantitative estimate of drug-likeness (QED) is 0.898. The van der Waals surface area contributed by atoms with Crippen molar-refractivity contribution in [1.29, 1.82) is 0 Å². The standard InChI is InChI=1S/C14H23N3S2/c1-4-15-13-8-11(7-10(2)3)16-14(17-13)12-9-18-5-6-19-12/h8,10,12H,4-7,9H2,1-3H3,(H,15,16,17). The van der Waals surface area contributed by atoms with Gasteiger partial charge in [0.05, 0.1) is 5.25 Å². The Bertz CT molecular complexity index is 404. The number of anilines is 1. The highest BCUT2D eigenvalue weighted by Gasteiger charge is 2.20. The zero-order valence-electron chi connectivity index (χ0n) is 12.0. The van der Waals surface area contributed by atoms with Crippen LogP contribution < -0.4 is 5.32 Å². The molecule has 1 aromatic heterocycles. The van der Waals surface area contributed by atoms with Crippen LogP contribution >= 0.6 is 23.5 Å². The first kappa shape index (κ1) is 15.0. The van der Waals surface area contributed by atoms with Crippen LogP contribution in [0.2, 0.25) is 0 Å². The van der Waals surface area contributed by atoms with Crippen molar-refractivity contribution in [3.05, 3.63) is 17.6 Å². The SMILES string of the molecule is CCNc1cc(CC(C)C)nc(C2CSCCS2)n1. The van der Waals surface area contributed by atoms with Gasteiger partial charge in [-0.1, -0.05) is 13.8 Å². The maximum absolute atomic E-state index is 4.79. The molecule has 0 aromatic carbocycles. The van der Waals surface area contributed by atoms with Crippen molar-refractivity contribution in [2.45, 2.75) is 32.4 Å². The smallest absolute Gasteiger partial charge is 0.144 e. The van der Waals surface area contributed by atoms with Crippen LogP contribution in [0.25, 0.3) is 0 Å². The zero-order valence-corrected chi connectivity index (χ0v) is 13.6. The van der Waals surface area contributed by atoms with Crippen molar-refractivity contribution >= 4 is 29.3 Å². The first-order valence-corrected chi connectivity index (χ1v) is 9.20. The summed E-state index contributed by atoms with van der Waals surface area (Å²) in [7, 11) is 0. The topological polar surface area (TPSA) is 37.8 Å². The largest absolute Gasteiger partial charge is 0.370 e. The van der Waals surface area contributed by atoms with E-state index in [1.807, 2.05) is 23.5 Å². The van der Waals surface area contributed by atoms with E-state index in [1.54, 1.807) is 0 Å². The third kappa shape index (κ3) is 4.56. The fourth-order valence-electron chi connectivity index (χ4n) is 2.09. The third-order valence-electron chi connectivity index (χ3n) is 2.88. The molecule has 5 heteroatoms. The van der Waals surface area contributed by atoms with E-state index in [-0.39, 0.29) is 0 Å². The van der Waals surface area contributed by atoms with Gasteiger partial charge in [0.15, 0.2) is 0 Å². The molecule has 1 aromatic rings. The summed E-state index contributed by atoms with van der Waals surface area (Å²) in [4.78, 5) is 9.49. The fourth-order valence-corrected chi connectivity index (χ4v) is 4.69. The van der Waals surface area contributed by atoms with Gasteiger partial charge in [0.1, 0.15) is 11.6 Å².